The van der Waals surface area contributed by atoms with E-state index >= 15 is 0 Å². The van der Waals surface area contributed by atoms with Gasteiger partial charge in [0.1, 0.15) is 0 Å². The predicted molar refractivity (Wildman–Crippen MR) is 84.3 cm³/mol. The van der Waals surface area contributed by atoms with Gasteiger partial charge >= 0.3 is 0 Å². The van der Waals surface area contributed by atoms with Crippen LogP contribution in [0, 0.1) is 0 Å². The molecular weight excluding hydrogens is 296 g/mol. The van der Waals surface area contributed by atoms with Gasteiger partial charge in [-0.1, -0.05) is 52.4 Å². The molecule has 92 valence electrons. The number of rotatable bonds is 0. The van der Waals surface area contributed by atoms with Gasteiger partial charge in [-0.3, -0.25) is 0 Å². The number of hydrogen-bond acceptors (Lipinski definition) is 0. The first-order valence-electron chi connectivity index (χ1n) is 6.59. The van der Waals surface area contributed by atoms with Crippen LogP contribution in [0.15, 0.2) is 53.0 Å². The zero-order valence-electron chi connectivity index (χ0n) is 10.5. The summed E-state index contributed by atoms with van der Waals surface area (Å²) in [7, 11) is 0. The molecule has 0 spiro atoms. The Morgan fingerprint density at radius 2 is 1.74 bits per heavy atom. The monoisotopic (exact) mass is 308 g/mol. The fraction of sp³-hybridized carbons (Fsp3) is 0.111. The maximum absolute atomic E-state index is 3.57. The average molecular weight is 309 g/mol. The lowest BCUT2D eigenvalue weighted by Gasteiger charge is -2.08. The number of benzene rings is 2. The van der Waals surface area contributed by atoms with E-state index in [1.54, 1.807) is 0 Å². The highest BCUT2D eigenvalue weighted by atomic mass is 79.9. The van der Waals surface area contributed by atoms with Crippen molar-refractivity contribution in [1.82, 2.24) is 0 Å². The minimum atomic E-state index is 1.04. The molecule has 0 atom stereocenters. The smallest absolute Gasteiger partial charge is 0.0178 e. The summed E-state index contributed by atoms with van der Waals surface area (Å²) in [5, 5.41) is 0. The molecule has 0 amide bonds. The Balaban J connectivity index is 1.92. The van der Waals surface area contributed by atoms with Crippen molar-refractivity contribution in [3.05, 3.63) is 75.3 Å². The summed E-state index contributed by atoms with van der Waals surface area (Å²) in [5.74, 6) is 0. The molecule has 2 aromatic carbocycles. The van der Waals surface area contributed by atoms with Gasteiger partial charge in [0, 0.05) is 4.47 Å². The van der Waals surface area contributed by atoms with Gasteiger partial charge in [0.2, 0.25) is 0 Å². The first-order valence-corrected chi connectivity index (χ1v) is 7.38. The molecule has 2 aliphatic rings. The van der Waals surface area contributed by atoms with Crippen LogP contribution in [-0.4, -0.2) is 0 Å². The summed E-state index contributed by atoms with van der Waals surface area (Å²) in [4.78, 5) is 0. The highest BCUT2D eigenvalue weighted by Crippen LogP contribution is 2.39. The molecule has 1 heteroatoms. The van der Waals surface area contributed by atoms with E-state index in [0.717, 1.165) is 12.8 Å². The second-order valence-corrected chi connectivity index (χ2v) is 6.09. The lowest BCUT2D eigenvalue weighted by atomic mass is 9.97. The topological polar surface area (TPSA) is 0 Å². The molecule has 0 radical (unpaired) electrons. The number of allylic oxidation sites excluding steroid dienone is 3. The minimum Gasteiger partial charge on any atom is -0.0801 e. The first kappa shape index (κ1) is 11.2. The van der Waals surface area contributed by atoms with Crippen LogP contribution in [0.5, 0.6) is 0 Å². The molecule has 0 saturated carbocycles. The van der Waals surface area contributed by atoms with Crippen molar-refractivity contribution in [3.63, 3.8) is 0 Å². The summed E-state index contributed by atoms with van der Waals surface area (Å²) in [6.45, 7) is 0. The van der Waals surface area contributed by atoms with Gasteiger partial charge in [-0.25, -0.2) is 0 Å². The Bertz CT molecular complexity index is 736. The van der Waals surface area contributed by atoms with Crippen LogP contribution in [0.3, 0.4) is 0 Å². The third-order valence-electron chi connectivity index (χ3n) is 3.96. The van der Waals surface area contributed by atoms with Gasteiger partial charge in [-0.2, -0.15) is 0 Å². The summed E-state index contributed by atoms with van der Waals surface area (Å²) in [5.41, 5.74) is 8.51. The van der Waals surface area contributed by atoms with Crippen LogP contribution < -0.4 is 0 Å². The van der Waals surface area contributed by atoms with Crippen molar-refractivity contribution in [3.8, 4) is 11.1 Å². The third-order valence-corrected chi connectivity index (χ3v) is 4.46. The zero-order chi connectivity index (χ0) is 12.8. The summed E-state index contributed by atoms with van der Waals surface area (Å²) in [6.07, 6.45) is 10.8. The SMILES string of the molecule is Brc1ccc2c(c1)Cc1cc3c(cc1-2)C=CC=CC3. The molecule has 2 aliphatic carbocycles. The zero-order valence-corrected chi connectivity index (χ0v) is 12.1. The molecule has 0 heterocycles. The largest absolute Gasteiger partial charge is 0.0801 e. The molecule has 0 fully saturated rings. The lowest BCUT2D eigenvalue weighted by Crippen LogP contribution is -1.90. The Labute approximate surface area is 121 Å². The maximum atomic E-state index is 3.57. The Morgan fingerprint density at radius 1 is 0.842 bits per heavy atom. The Kier molecular flexibility index (Phi) is 2.49. The Hall–Kier alpha value is -1.60. The minimum absolute atomic E-state index is 1.04. The van der Waals surface area contributed by atoms with Crippen molar-refractivity contribution in [2.24, 2.45) is 0 Å². The molecule has 0 saturated heterocycles. The summed E-state index contributed by atoms with van der Waals surface area (Å²) in [6, 6.07) is 11.4. The van der Waals surface area contributed by atoms with Gasteiger partial charge in [-0.15, -0.1) is 0 Å². The molecule has 0 aliphatic heterocycles. The van der Waals surface area contributed by atoms with E-state index in [1.807, 2.05) is 0 Å². The predicted octanol–water partition coefficient (Wildman–Crippen LogP) is 5.15. The molecule has 2 aromatic rings. The number of halogens is 1. The molecule has 0 nitrogen and oxygen atoms in total. The van der Waals surface area contributed by atoms with E-state index in [2.05, 4.69) is 70.6 Å². The highest BCUT2D eigenvalue weighted by Gasteiger charge is 2.20. The average Bonchev–Trinajstić information content (AvgIpc) is 2.58. The van der Waals surface area contributed by atoms with Crippen LogP contribution >= 0.6 is 15.9 Å². The van der Waals surface area contributed by atoms with Crippen LogP contribution in [-0.2, 0) is 12.8 Å². The fourth-order valence-corrected chi connectivity index (χ4v) is 3.46. The van der Waals surface area contributed by atoms with E-state index in [1.165, 1.54) is 37.9 Å². The second kappa shape index (κ2) is 4.21. The van der Waals surface area contributed by atoms with Crippen molar-refractivity contribution in [1.29, 1.82) is 0 Å². The van der Waals surface area contributed by atoms with Gasteiger partial charge in [0.15, 0.2) is 0 Å². The molecule has 0 bridgehead atoms. The van der Waals surface area contributed by atoms with Crippen LogP contribution in [0.4, 0.5) is 0 Å². The third kappa shape index (κ3) is 1.81. The van der Waals surface area contributed by atoms with Gasteiger partial charge in [0.25, 0.3) is 0 Å². The Morgan fingerprint density at radius 3 is 2.68 bits per heavy atom. The van der Waals surface area contributed by atoms with E-state index in [0.29, 0.717) is 0 Å². The lowest BCUT2D eigenvalue weighted by molar-refractivity contribution is 1.20. The fourth-order valence-electron chi connectivity index (χ4n) is 3.05. The summed E-state index contributed by atoms with van der Waals surface area (Å²) >= 11 is 3.57. The second-order valence-electron chi connectivity index (χ2n) is 5.18. The van der Waals surface area contributed by atoms with Crippen LogP contribution in [0.2, 0.25) is 0 Å². The quantitative estimate of drug-likeness (QED) is 0.539. The first-order chi connectivity index (χ1) is 9.31. The normalized spacial score (nSPS) is 14.8. The van der Waals surface area contributed by atoms with E-state index in [-0.39, 0.29) is 0 Å². The van der Waals surface area contributed by atoms with Crippen molar-refractivity contribution < 1.29 is 0 Å². The molecule has 0 unspecified atom stereocenters. The molecule has 4 rings (SSSR count). The van der Waals surface area contributed by atoms with Crippen LogP contribution in [0.25, 0.3) is 17.2 Å². The number of hydrogen-bond donors (Lipinski definition) is 0. The molecule has 0 N–H and O–H groups in total. The van der Waals surface area contributed by atoms with Crippen molar-refractivity contribution in [2.45, 2.75) is 12.8 Å². The van der Waals surface area contributed by atoms with E-state index < -0.39 is 0 Å². The highest BCUT2D eigenvalue weighted by molar-refractivity contribution is 9.10. The van der Waals surface area contributed by atoms with E-state index in [9.17, 15) is 0 Å². The van der Waals surface area contributed by atoms with Crippen molar-refractivity contribution >= 4 is 22.0 Å². The molecule has 19 heavy (non-hydrogen) atoms. The van der Waals surface area contributed by atoms with Gasteiger partial charge in [-0.05, 0) is 64.4 Å². The van der Waals surface area contributed by atoms with Gasteiger partial charge in [0.05, 0.1) is 0 Å². The maximum Gasteiger partial charge on any atom is 0.0178 e. The van der Waals surface area contributed by atoms with Crippen molar-refractivity contribution in [2.75, 3.05) is 0 Å². The summed E-state index contributed by atoms with van der Waals surface area (Å²) < 4.78 is 1.17. The number of fused-ring (bicyclic) bond motifs is 4. The standard InChI is InChI=1S/C18H13Br/c19-16-6-7-17-15(10-16)9-14-8-12-4-2-1-3-5-13(12)11-18(14)17/h1-3,5-8,10-11H,4,9H2. The molecule has 0 aromatic heterocycles. The van der Waals surface area contributed by atoms with Gasteiger partial charge < -0.3 is 0 Å². The van der Waals surface area contributed by atoms with Crippen LogP contribution in [0.1, 0.15) is 22.3 Å². The molecular formula is C18H13Br. The van der Waals surface area contributed by atoms with E-state index in [4.69, 9.17) is 0 Å².